The van der Waals surface area contributed by atoms with Gasteiger partial charge in [-0.15, -0.1) is 0 Å². The molecule has 0 aromatic heterocycles. The van der Waals surface area contributed by atoms with Crippen molar-refractivity contribution in [1.29, 1.82) is 0 Å². The van der Waals surface area contributed by atoms with Gasteiger partial charge in [0.1, 0.15) is 0 Å². The van der Waals surface area contributed by atoms with Crippen LogP contribution in [0.2, 0.25) is 0 Å². The van der Waals surface area contributed by atoms with Gasteiger partial charge in [-0.3, -0.25) is 0 Å². The quantitative estimate of drug-likeness (QED) is 0.776. The van der Waals surface area contributed by atoms with Crippen LogP contribution in [0.25, 0.3) is 0 Å². The van der Waals surface area contributed by atoms with Gasteiger partial charge < -0.3 is 5.32 Å². The van der Waals surface area contributed by atoms with E-state index in [4.69, 9.17) is 0 Å². The average molecular weight is 201 g/mol. The van der Waals surface area contributed by atoms with Crippen LogP contribution < -0.4 is 5.32 Å². The van der Waals surface area contributed by atoms with E-state index in [1.165, 1.54) is 31.5 Å². The predicted octanol–water partition coefficient (Wildman–Crippen LogP) is 2.79. The first-order chi connectivity index (χ1) is 7.29. The summed E-state index contributed by atoms with van der Waals surface area (Å²) < 4.78 is 0. The minimum atomic E-state index is 0.716. The summed E-state index contributed by atoms with van der Waals surface area (Å²) in [5.41, 5.74) is 2.23. The second-order valence-electron chi connectivity index (χ2n) is 5.47. The highest BCUT2D eigenvalue weighted by atomic mass is 15.0. The second-order valence-corrected chi connectivity index (χ2v) is 5.47. The normalized spacial score (nSPS) is 25.7. The highest BCUT2D eigenvalue weighted by Crippen LogP contribution is 2.53. The molecule has 2 fully saturated rings. The molecular formula is C14H19N. The number of rotatable bonds is 2. The Morgan fingerprint density at radius 1 is 1.20 bits per heavy atom. The average Bonchev–Trinajstić information content (AvgIpc) is 2.14. The van der Waals surface area contributed by atoms with Crippen LogP contribution in [-0.4, -0.2) is 13.1 Å². The van der Waals surface area contributed by atoms with E-state index in [2.05, 4.69) is 42.6 Å². The molecule has 1 heterocycles. The zero-order valence-corrected chi connectivity index (χ0v) is 9.37. The molecule has 1 atom stereocenters. The van der Waals surface area contributed by atoms with E-state index in [1.54, 1.807) is 0 Å². The van der Waals surface area contributed by atoms with Crippen molar-refractivity contribution in [3.05, 3.63) is 35.9 Å². The molecular weight excluding hydrogens is 182 g/mol. The van der Waals surface area contributed by atoms with Crippen molar-refractivity contribution in [1.82, 2.24) is 5.32 Å². The summed E-state index contributed by atoms with van der Waals surface area (Å²) in [5.74, 6) is 1.67. The highest BCUT2D eigenvalue weighted by Gasteiger charge is 2.49. The summed E-state index contributed by atoms with van der Waals surface area (Å²) >= 11 is 0. The lowest BCUT2D eigenvalue weighted by Crippen LogP contribution is -2.60. The van der Waals surface area contributed by atoms with Gasteiger partial charge in [-0.1, -0.05) is 37.3 Å². The molecule has 1 unspecified atom stereocenters. The maximum atomic E-state index is 3.40. The molecule has 1 saturated heterocycles. The van der Waals surface area contributed by atoms with Gasteiger partial charge in [0.2, 0.25) is 0 Å². The van der Waals surface area contributed by atoms with Gasteiger partial charge in [0.05, 0.1) is 0 Å². The number of hydrogen-bond acceptors (Lipinski definition) is 1. The van der Waals surface area contributed by atoms with E-state index >= 15 is 0 Å². The van der Waals surface area contributed by atoms with E-state index in [0.717, 1.165) is 11.8 Å². The van der Waals surface area contributed by atoms with Crippen LogP contribution in [0.5, 0.6) is 0 Å². The monoisotopic (exact) mass is 201 g/mol. The van der Waals surface area contributed by atoms with Crippen molar-refractivity contribution in [2.75, 3.05) is 13.1 Å². The molecule has 1 N–H and O–H groups in total. The summed E-state index contributed by atoms with van der Waals surface area (Å²) in [6.45, 7) is 4.93. The third-order valence-electron chi connectivity index (χ3n) is 4.42. The fourth-order valence-corrected chi connectivity index (χ4v) is 3.20. The van der Waals surface area contributed by atoms with Crippen LogP contribution in [0.4, 0.5) is 0 Å². The lowest BCUT2D eigenvalue weighted by molar-refractivity contribution is -0.00991. The van der Waals surface area contributed by atoms with Crippen molar-refractivity contribution >= 4 is 0 Å². The smallest absolute Gasteiger partial charge is 0.00204 e. The van der Waals surface area contributed by atoms with Crippen molar-refractivity contribution in [3.63, 3.8) is 0 Å². The van der Waals surface area contributed by atoms with Gasteiger partial charge in [-0.2, -0.15) is 0 Å². The van der Waals surface area contributed by atoms with Crippen LogP contribution in [0.3, 0.4) is 0 Å². The second kappa shape index (κ2) is 3.34. The van der Waals surface area contributed by atoms with E-state index in [0.29, 0.717) is 5.41 Å². The molecule has 1 saturated carbocycles. The van der Waals surface area contributed by atoms with Crippen LogP contribution in [0.15, 0.2) is 30.3 Å². The zero-order chi connectivity index (χ0) is 10.3. The Kier molecular flexibility index (Phi) is 2.10. The van der Waals surface area contributed by atoms with E-state index in [1.807, 2.05) is 0 Å². The Balaban J connectivity index is 1.65. The maximum Gasteiger partial charge on any atom is 0.00204 e. The lowest BCUT2D eigenvalue weighted by Gasteiger charge is -2.56. The largest absolute Gasteiger partial charge is 0.316 e. The molecule has 1 aromatic rings. The molecule has 80 valence electrons. The summed E-state index contributed by atoms with van der Waals surface area (Å²) in [6.07, 6.45) is 2.88. The maximum absolute atomic E-state index is 3.40. The first-order valence-electron chi connectivity index (χ1n) is 6.05. The molecule has 1 aliphatic heterocycles. The first-order valence-corrected chi connectivity index (χ1v) is 6.05. The van der Waals surface area contributed by atoms with Crippen LogP contribution in [-0.2, 0) is 0 Å². The Morgan fingerprint density at radius 3 is 2.40 bits per heavy atom. The highest BCUT2D eigenvalue weighted by molar-refractivity contribution is 5.21. The van der Waals surface area contributed by atoms with Gasteiger partial charge in [0.25, 0.3) is 0 Å². The van der Waals surface area contributed by atoms with Gasteiger partial charge in [0, 0.05) is 13.1 Å². The third-order valence-corrected chi connectivity index (χ3v) is 4.42. The zero-order valence-electron chi connectivity index (χ0n) is 9.37. The van der Waals surface area contributed by atoms with E-state index in [-0.39, 0.29) is 0 Å². The minimum Gasteiger partial charge on any atom is -0.316 e. The molecule has 3 rings (SSSR count). The molecule has 1 nitrogen and oxygen atoms in total. The third kappa shape index (κ3) is 1.50. The topological polar surface area (TPSA) is 12.0 Å². The molecule has 0 bridgehead atoms. The van der Waals surface area contributed by atoms with Crippen LogP contribution in [0, 0.1) is 11.3 Å². The van der Waals surface area contributed by atoms with Crippen molar-refractivity contribution < 1.29 is 0 Å². The van der Waals surface area contributed by atoms with Crippen molar-refractivity contribution in [2.45, 2.75) is 25.7 Å². The van der Waals surface area contributed by atoms with Crippen molar-refractivity contribution in [2.24, 2.45) is 11.3 Å². The Morgan fingerprint density at radius 2 is 1.87 bits per heavy atom. The van der Waals surface area contributed by atoms with E-state index < -0.39 is 0 Å². The minimum absolute atomic E-state index is 0.716. The Hall–Kier alpha value is -0.820. The van der Waals surface area contributed by atoms with Crippen LogP contribution >= 0.6 is 0 Å². The lowest BCUT2D eigenvalue weighted by atomic mass is 9.55. The molecule has 1 spiro atoms. The van der Waals surface area contributed by atoms with Gasteiger partial charge in [-0.05, 0) is 35.7 Å². The summed E-state index contributed by atoms with van der Waals surface area (Å²) in [4.78, 5) is 0. The number of hydrogen-bond donors (Lipinski definition) is 1. The fourth-order valence-electron chi connectivity index (χ4n) is 3.20. The van der Waals surface area contributed by atoms with Gasteiger partial charge in [0.15, 0.2) is 0 Å². The first kappa shape index (κ1) is 9.41. The van der Waals surface area contributed by atoms with Crippen molar-refractivity contribution in [3.8, 4) is 0 Å². The molecule has 15 heavy (non-hydrogen) atoms. The Bertz CT molecular complexity index is 332. The summed E-state index contributed by atoms with van der Waals surface area (Å²) in [7, 11) is 0. The summed E-state index contributed by atoms with van der Waals surface area (Å²) in [5, 5.41) is 3.40. The Labute approximate surface area is 91.9 Å². The van der Waals surface area contributed by atoms with Crippen LogP contribution in [0.1, 0.15) is 31.2 Å². The van der Waals surface area contributed by atoms with Gasteiger partial charge >= 0.3 is 0 Å². The number of nitrogens with one attached hydrogen (secondary N) is 1. The predicted molar refractivity (Wildman–Crippen MR) is 62.9 cm³/mol. The molecule has 1 aromatic carbocycles. The van der Waals surface area contributed by atoms with Gasteiger partial charge in [-0.25, -0.2) is 0 Å². The number of benzene rings is 1. The molecule has 0 radical (unpaired) electrons. The molecule has 0 amide bonds. The molecule has 2 aliphatic rings. The molecule has 1 heteroatoms. The van der Waals surface area contributed by atoms with E-state index in [9.17, 15) is 0 Å². The SMILES string of the molecule is CC(c1ccccc1)C1CC2(CNC2)C1. The fraction of sp³-hybridized carbons (Fsp3) is 0.571. The standard InChI is InChI=1S/C14H19N/c1-11(12-5-3-2-4-6-12)13-7-14(8-13)9-15-10-14/h2-6,11,13,15H,7-10H2,1H3. The summed E-state index contributed by atoms with van der Waals surface area (Å²) in [6, 6.07) is 11.0. The molecule has 1 aliphatic carbocycles.